The van der Waals surface area contributed by atoms with Gasteiger partial charge in [0.1, 0.15) is 12.2 Å². The number of pyridine rings is 1. The fourth-order valence-corrected chi connectivity index (χ4v) is 3.89. The number of aromatic nitrogens is 1. The van der Waals surface area contributed by atoms with Crippen molar-refractivity contribution in [3.8, 4) is 0 Å². The Morgan fingerprint density at radius 1 is 1.26 bits per heavy atom. The van der Waals surface area contributed by atoms with Crippen LogP contribution < -0.4 is 5.32 Å². The van der Waals surface area contributed by atoms with E-state index in [1.807, 2.05) is 29.3 Å². The molecule has 0 saturated carbocycles. The molecule has 0 unspecified atom stereocenters. The van der Waals surface area contributed by atoms with Crippen molar-refractivity contribution in [2.75, 3.05) is 13.7 Å². The summed E-state index contributed by atoms with van der Waals surface area (Å²) in [5.74, 6) is -0.388. The van der Waals surface area contributed by atoms with Gasteiger partial charge in [-0.25, -0.2) is 5.01 Å². The zero-order chi connectivity index (χ0) is 19.0. The Kier molecular flexibility index (Phi) is 4.82. The molecule has 7 nitrogen and oxygen atoms in total. The Hall–Kier alpha value is -2.48. The predicted octanol–water partition coefficient (Wildman–Crippen LogP) is 2.07. The van der Waals surface area contributed by atoms with Crippen LogP contribution in [0.15, 0.2) is 48.8 Å². The molecule has 0 spiro atoms. The van der Waals surface area contributed by atoms with Crippen molar-refractivity contribution in [1.82, 2.24) is 20.3 Å². The van der Waals surface area contributed by atoms with Gasteiger partial charge in [0.15, 0.2) is 0 Å². The van der Waals surface area contributed by atoms with Gasteiger partial charge in [-0.05, 0) is 29.3 Å². The molecule has 0 aliphatic carbocycles. The number of fused-ring (bicyclic) bond motifs is 1. The summed E-state index contributed by atoms with van der Waals surface area (Å²) in [5, 5.41) is 7.55. The van der Waals surface area contributed by atoms with Gasteiger partial charge >= 0.3 is 5.97 Å². The third kappa shape index (κ3) is 3.18. The van der Waals surface area contributed by atoms with Gasteiger partial charge in [0.2, 0.25) is 5.91 Å². The van der Waals surface area contributed by atoms with Gasteiger partial charge in [-0.3, -0.25) is 24.9 Å². The highest BCUT2D eigenvalue weighted by atomic mass is 35.5. The van der Waals surface area contributed by atoms with Crippen LogP contribution in [-0.4, -0.2) is 46.6 Å². The number of hydrogen-bond donors (Lipinski definition) is 1. The van der Waals surface area contributed by atoms with Crippen LogP contribution in [0.5, 0.6) is 0 Å². The van der Waals surface area contributed by atoms with Crippen LogP contribution >= 0.6 is 11.6 Å². The summed E-state index contributed by atoms with van der Waals surface area (Å²) in [4.78, 5) is 29.4. The first kappa shape index (κ1) is 17.9. The van der Waals surface area contributed by atoms with Gasteiger partial charge in [-0.1, -0.05) is 29.8 Å². The summed E-state index contributed by atoms with van der Waals surface area (Å²) in [6, 6.07) is 9.91. The first-order valence-electron chi connectivity index (χ1n) is 8.68. The second-order valence-corrected chi connectivity index (χ2v) is 6.94. The molecular weight excluding hydrogens is 368 g/mol. The van der Waals surface area contributed by atoms with E-state index in [2.05, 4.69) is 10.3 Å². The zero-order valence-corrected chi connectivity index (χ0v) is 15.5. The van der Waals surface area contributed by atoms with E-state index in [9.17, 15) is 9.59 Å². The average molecular weight is 387 g/mol. The Morgan fingerprint density at radius 2 is 2.04 bits per heavy atom. The van der Waals surface area contributed by atoms with E-state index in [1.165, 1.54) is 7.11 Å². The molecule has 3 atom stereocenters. The average Bonchev–Trinajstić information content (AvgIpc) is 3.09. The standard InChI is InChI=1S/C19H19ClN4O3/c1-27-19(26)16-17(13-3-2-9-21-11-13)23-10-8-15(25)24(23)18(22-16)12-4-6-14(20)7-5-12/h2-7,9,11,16-18,22H,8,10H2,1H3/t16-,17+,18+/m0/s1. The third-order valence-electron chi connectivity index (χ3n) is 4.97. The minimum atomic E-state index is -0.651. The summed E-state index contributed by atoms with van der Waals surface area (Å²) in [6.45, 7) is 0.525. The summed E-state index contributed by atoms with van der Waals surface area (Å²) in [7, 11) is 1.36. The lowest BCUT2D eigenvalue weighted by Gasteiger charge is -2.48. The number of ether oxygens (including phenoxy) is 1. The molecule has 0 radical (unpaired) electrons. The molecular formula is C19H19ClN4O3. The molecule has 2 fully saturated rings. The van der Waals surface area contributed by atoms with Gasteiger partial charge in [0.05, 0.1) is 13.2 Å². The number of amides is 1. The molecule has 0 bridgehead atoms. The topological polar surface area (TPSA) is 74.8 Å². The fourth-order valence-electron chi connectivity index (χ4n) is 3.77. The molecule has 8 heteroatoms. The molecule has 2 aliphatic heterocycles. The van der Waals surface area contributed by atoms with E-state index in [0.717, 1.165) is 11.1 Å². The molecule has 1 aromatic carbocycles. The highest BCUT2D eigenvalue weighted by molar-refractivity contribution is 6.30. The minimum Gasteiger partial charge on any atom is -0.468 e. The summed E-state index contributed by atoms with van der Waals surface area (Å²) in [5.41, 5.74) is 1.69. The van der Waals surface area contributed by atoms with Crippen LogP contribution in [0.2, 0.25) is 5.02 Å². The van der Waals surface area contributed by atoms with E-state index in [1.54, 1.807) is 29.5 Å². The molecule has 2 aliphatic rings. The number of nitrogens with zero attached hydrogens (tertiary/aromatic N) is 3. The van der Waals surface area contributed by atoms with Gasteiger partial charge in [0.25, 0.3) is 0 Å². The Balaban J connectivity index is 1.78. The van der Waals surface area contributed by atoms with E-state index >= 15 is 0 Å². The second kappa shape index (κ2) is 7.26. The highest BCUT2D eigenvalue weighted by Crippen LogP contribution is 2.39. The molecule has 27 heavy (non-hydrogen) atoms. The molecule has 140 valence electrons. The van der Waals surface area contributed by atoms with Gasteiger partial charge < -0.3 is 4.74 Å². The van der Waals surface area contributed by atoms with E-state index < -0.39 is 12.2 Å². The molecule has 4 rings (SSSR count). The minimum absolute atomic E-state index is 0.000318. The van der Waals surface area contributed by atoms with E-state index in [-0.39, 0.29) is 17.9 Å². The summed E-state index contributed by atoms with van der Waals surface area (Å²) >= 11 is 6.00. The van der Waals surface area contributed by atoms with Crippen molar-refractivity contribution in [1.29, 1.82) is 0 Å². The lowest BCUT2D eigenvalue weighted by molar-refractivity contribution is -0.173. The Bertz CT molecular complexity index is 846. The van der Waals surface area contributed by atoms with Crippen LogP contribution in [-0.2, 0) is 14.3 Å². The van der Waals surface area contributed by atoms with Crippen LogP contribution in [0.4, 0.5) is 0 Å². The fraction of sp³-hybridized carbons (Fsp3) is 0.316. The lowest BCUT2D eigenvalue weighted by Crippen LogP contribution is -2.63. The number of esters is 1. The quantitative estimate of drug-likeness (QED) is 0.814. The molecule has 1 N–H and O–H groups in total. The summed E-state index contributed by atoms with van der Waals surface area (Å²) in [6.07, 6.45) is 3.30. The van der Waals surface area contributed by atoms with Crippen molar-refractivity contribution >= 4 is 23.5 Å². The maximum Gasteiger partial charge on any atom is 0.325 e. The lowest BCUT2D eigenvalue weighted by atomic mass is 9.97. The van der Waals surface area contributed by atoms with Crippen LogP contribution in [0, 0.1) is 0 Å². The van der Waals surface area contributed by atoms with Crippen LogP contribution in [0.1, 0.15) is 29.8 Å². The van der Waals surface area contributed by atoms with Crippen molar-refractivity contribution in [2.24, 2.45) is 0 Å². The monoisotopic (exact) mass is 386 g/mol. The molecule has 1 amide bonds. The Morgan fingerprint density at radius 3 is 2.70 bits per heavy atom. The van der Waals surface area contributed by atoms with Crippen LogP contribution in [0.25, 0.3) is 0 Å². The highest BCUT2D eigenvalue weighted by Gasteiger charge is 2.50. The number of carbonyl (C=O) groups is 2. The number of nitrogens with one attached hydrogen (secondary N) is 1. The summed E-state index contributed by atoms with van der Waals surface area (Å²) < 4.78 is 5.05. The second-order valence-electron chi connectivity index (χ2n) is 6.50. The molecule has 2 saturated heterocycles. The van der Waals surface area contributed by atoms with Crippen molar-refractivity contribution in [3.63, 3.8) is 0 Å². The largest absolute Gasteiger partial charge is 0.468 e. The number of benzene rings is 1. The number of carbonyl (C=O) groups excluding carboxylic acids is 2. The normalized spacial score (nSPS) is 25.3. The molecule has 1 aromatic heterocycles. The van der Waals surface area contributed by atoms with Crippen LogP contribution in [0.3, 0.4) is 0 Å². The van der Waals surface area contributed by atoms with E-state index in [0.29, 0.717) is 18.0 Å². The maximum absolute atomic E-state index is 12.7. The number of halogens is 1. The predicted molar refractivity (Wildman–Crippen MR) is 98.3 cm³/mol. The third-order valence-corrected chi connectivity index (χ3v) is 5.22. The van der Waals surface area contributed by atoms with Crippen molar-refractivity contribution < 1.29 is 14.3 Å². The number of rotatable bonds is 3. The number of hydrazine groups is 1. The SMILES string of the molecule is COC(=O)[C@H]1N[C@@H](c2ccc(Cl)cc2)N2C(=O)CCN2[C@@H]1c1cccnc1. The molecule has 2 aromatic rings. The maximum atomic E-state index is 12.7. The van der Waals surface area contributed by atoms with Gasteiger partial charge in [0, 0.05) is 30.4 Å². The van der Waals surface area contributed by atoms with Gasteiger partial charge in [-0.2, -0.15) is 0 Å². The van der Waals surface area contributed by atoms with Crippen molar-refractivity contribution in [2.45, 2.75) is 24.7 Å². The first-order chi connectivity index (χ1) is 13.1. The van der Waals surface area contributed by atoms with Crippen molar-refractivity contribution in [3.05, 3.63) is 64.9 Å². The Labute approximate surface area is 161 Å². The van der Waals surface area contributed by atoms with E-state index in [4.69, 9.17) is 16.3 Å². The molecule has 3 heterocycles. The van der Waals surface area contributed by atoms with Gasteiger partial charge in [-0.15, -0.1) is 0 Å². The number of methoxy groups -OCH3 is 1. The first-order valence-corrected chi connectivity index (χ1v) is 9.06. The number of hydrogen-bond acceptors (Lipinski definition) is 6. The zero-order valence-electron chi connectivity index (χ0n) is 14.7. The smallest absolute Gasteiger partial charge is 0.325 e.